The number of ether oxygens (including phenoxy) is 5. The lowest BCUT2D eigenvalue weighted by atomic mass is 10.2. The molecule has 0 fully saturated rings. The molecule has 1 aliphatic heterocycles. The van der Waals surface area contributed by atoms with Gasteiger partial charge in [0.2, 0.25) is 10.3 Å². The molecule has 2 amide bonds. The molecular formula is C28H38N6O7S6. The Hall–Kier alpha value is -1.52. The van der Waals surface area contributed by atoms with Crippen LogP contribution in [0.1, 0.15) is 11.1 Å². The third-order valence-electron chi connectivity index (χ3n) is 5.70. The molecular weight excluding hydrogens is 725 g/mol. The lowest BCUT2D eigenvalue weighted by Crippen LogP contribution is -2.23. The normalized spacial score (nSPS) is 19.1. The molecule has 0 atom stereocenters. The summed E-state index contributed by atoms with van der Waals surface area (Å²) in [7, 11) is 0. The van der Waals surface area contributed by atoms with E-state index < -0.39 is 11.8 Å². The number of carbonyl (C=O) groups excluding carboxylic acids is 2. The van der Waals surface area contributed by atoms with E-state index in [4.69, 9.17) is 23.7 Å². The molecule has 3 aromatic rings. The van der Waals surface area contributed by atoms with Crippen LogP contribution in [0.3, 0.4) is 0 Å². The fourth-order valence-electron chi connectivity index (χ4n) is 3.63. The minimum atomic E-state index is -0.432. The van der Waals surface area contributed by atoms with Gasteiger partial charge in [-0.05, 0) is 11.1 Å². The van der Waals surface area contributed by atoms with Gasteiger partial charge in [0.15, 0.2) is 8.68 Å². The number of benzene rings is 1. The third-order valence-corrected chi connectivity index (χ3v) is 11.6. The van der Waals surface area contributed by atoms with Crippen molar-refractivity contribution in [2.24, 2.45) is 0 Å². The highest BCUT2D eigenvalue weighted by atomic mass is 32.2. The number of carbonyl (C=O) groups is 2. The second kappa shape index (κ2) is 23.8. The number of hydrogen-bond acceptors (Lipinski definition) is 17. The van der Waals surface area contributed by atoms with Gasteiger partial charge >= 0.3 is 0 Å². The van der Waals surface area contributed by atoms with Gasteiger partial charge in [0.05, 0.1) is 52.9 Å². The maximum absolute atomic E-state index is 12.2. The Bertz CT molecular complexity index is 1240. The molecule has 1 aromatic carbocycles. The SMILES string of the molecule is O=C1COCC(=O)Nc2nnc(s2)SCCOCCOCCSCc2cccc(c2)CSCCOCCOCCSc2nnc(s2)N1. The first kappa shape index (κ1) is 38.3. The Labute approximate surface area is 299 Å². The van der Waals surface area contributed by atoms with Gasteiger partial charge in [0, 0.05) is 34.5 Å². The molecule has 6 bridgehead atoms. The molecule has 13 nitrogen and oxygen atoms in total. The molecule has 0 saturated carbocycles. The predicted molar refractivity (Wildman–Crippen MR) is 191 cm³/mol. The second-order valence-corrected chi connectivity index (χ2v) is 16.3. The lowest BCUT2D eigenvalue weighted by Gasteiger charge is -2.08. The van der Waals surface area contributed by atoms with E-state index in [2.05, 4.69) is 55.3 Å². The van der Waals surface area contributed by atoms with Crippen LogP contribution >= 0.6 is 69.7 Å². The maximum Gasteiger partial charge on any atom is 0.252 e. The standard InChI is InChI=1S/C28H38N6O7S6/c35-23-17-41-18-24(36)30-26-32-34-28(47-26)45-15-11-40-7-5-38-9-13-43-20-22-3-1-2-21(16-22)19-42-12-8-37-4-6-39-10-14-44-27-33-31-25(29-23)46-27/h1-3,16H,4-15,17-20H2,(H,29,31,35)(H,30,32,36). The van der Waals surface area contributed by atoms with E-state index in [-0.39, 0.29) is 13.2 Å². The minimum absolute atomic E-state index is 0.306. The molecule has 0 radical (unpaired) electrons. The summed E-state index contributed by atoms with van der Waals surface area (Å²) in [4.78, 5) is 24.4. The molecule has 1 aliphatic rings. The van der Waals surface area contributed by atoms with Gasteiger partial charge in [-0.3, -0.25) is 20.2 Å². The molecule has 2 N–H and O–H groups in total. The van der Waals surface area contributed by atoms with E-state index in [1.165, 1.54) is 57.3 Å². The molecule has 2 aromatic heterocycles. The molecule has 3 heterocycles. The summed E-state index contributed by atoms with van der Waals surface area (Å²) in [5, 5.41) is 22.1. The minimum Gasteiger partial charge on any atom is -0.378 e. The van der Waals surface area contributed by atoms with E-state index in [1.807, 2.05) is 23.5 Å². The van der Waals surface area contributed by atoms with Crippen molar-refractivity contribution in [3.05, 3.63) is 35.4 Å². The molecule has 19 heteroatoms. The Kier molecular flexibility index (Phi) is 19.4. The largest absolute Gasteiger partial charge is 0.378 e. The molecule has 0 spiro atoms. The summed E-state index contributed by atoms with van der Waals surface area (Å²) in [5.41, 5.74) is 2.65. The van der Waals surface area contributed by atoms with Crippen LogP contribution in [-0.4, -0.2) is 121 Å². The van der Waals surface area contributed by atoms with Crippen LogP contribution in [0.15, 0.2) is 32.9 Å². The van der Waals surface area contributed by atoms with E-state index in [1.54, 1.807) is 0 Å². The first-order valence-corrected chi connectivity index (χ1v) is 20.7. The van der Waals surface area contributed by atoms with Crippen molar-refractivity contribution >= 4 is 91.8 Å². The van der Waals surface area contributed by atoms with Crippen LogP contribution in [0.25, 0.3) is 0 Å². The van der Waals surface area contributed by atoms with Gasteiger partial charge in [0.1, 0.15) is 13.2 Å². The number of amides is 2. The summed E-state index contributed by atoms with van der Waals surface area (Å²) in [6.07, 6.45) is 0. The smallest absolute Gasteiger partial charge is 0.252 e. The predicted octanol–water partition coefficient (Wildman–Crippen LogP) is 4.41. The number of nitrogens with zero attached hydrogens (tertiary/aromatic N) is 4. The van der Waals surface area contributed by atoms with Crippen LogP contribution in [0.5, 0.6) is 0 Å². The number of thioether (sulfide) groups is 4. The number of rotatable bonds is 0. The quantitative estimate of drug-likeness (QED) is 0.311. The zero-order valence-electron chi connectivity index (χ0n) is 25.7. The molecule has 0 saturated heterocycles. The van der Waals surface area contributed by atoms with E-state index in [9.17, 15) is 9.59 Å². The first-order chi connectivity index (χ1) is 23.1. The van der Waals surface area contributed by atoms with Crippen molar-refractivity contribution in [1.82, 2.24) is 20.4 Å². The van der Waals surface area contributed by atoms with Gasteiger partial charge < -0.3 is 23.7 Å². The number of hydrogen-bond donors (Lipinski definition) is 2. The molecule has 258 valence electrons. The monoisotopic (exact) mass is 762 g/mol. The zero-order chi connectivity index (χ0) is 32.8. The number of nitrogens with one attached hydrogen (secondary N) is 2. The highest BCUT2D eigenvalue weighted by molar-refractivity contribution is 8.01. The fourth-order valence-corrected chi connectivity index (χ4v) is 8.60. The maximum atomic E-state index is 12.2. The van der Waals surface area contributed by atoms with Gasteiger partial charge in [-0.15, -0.1) is 20.4 Å². The summed E-state index contributed by atoms with van der Waals surface area (Å²) >= 11 is 9.24. The summed E-state index contributed by atoms with van der Waals surface area (Å²) in [6, 6.07) is 8.76. The van der Waals surface area contributed by atoms with E-state index in [0.29, 0.717) is 83.3 Å². The van der Waals surface area contributed by atoms with Crippen LogP contribution in [0, 0.1) is 0 Å². The number of aromatic nitrogens is 4. The highest BCUT2D eigenvalue weighted by Gasteiger charge is 2.12. The highest BCUT2D eigenvalue weighted by Crippen LogP contribution is 2.26. The fraction of sp³-hybridized carbons (Fsp3) is 0.571. The van der Waals surface area contributed by atoms with E-state index in [0.717, 1.165) is 23.0 Å². The van der Waals surface area contributed by atoms with Gasteiger partial charge in [-0.25, -0.2) is 0 Å². The molecule has 0 aliphatic carbocycles. The number of anilines is 2. The molecule has 47 heavy (non-hydrogen) atoms. The van der Waals surface area contributed by atoms with Crippen molar-refractivity contribution in [2.45, 2.75) is 20.2 Å². The van der Waals surface area contributed by atoms with Crippen molar-refractivity contribution in [3.8, 4) is 0 Å². The van der Waals surface area contributed by atoms with Crippen molar-refractivity contribution in [1.29, 1.82) is 0 Å². The van der Waals surface area contributed by atoms with Crippen molar-refractivity contribution < 1.29 is 33.3 Å². The average Bonchev–Trinajstić information content (AvgIpc) is 3.71. The summed E-state index contributed by atoms with van der Waals surface area (Å²) in [6.45, 7) is 4.01. The average molecular weight is 763 g/mol. The zero-order valence-corrected chi connectivity index (χ0v) is 30.6. The van der Waals surface area contributed by atoms with Crippen LogP contribution in [0.2, 0.25) is 0 Å². The summed E-state index contributed by atoms with van der Waals surface area (Å²) < 4.78 is 29.4. The van der Waals surface area contributed by atoms with Crippen LogP contribution in [-0.2, 0) is 44.8 Å². The molecule has 4 rings (SSSR count). The first-order valence-electron chi connectivity index (χ1n) is 14.8. The van der Waals surface area contributed by atoms with Crippen molar-refractivity contribution in [2.75, 3.05) is 99.7 Å². The van der Waals surface area contributed by atoms with Gasteiger partial charge in [-0.2, -0.15) is 23.5 Å². The Morgan fingerprint density at radius 2 is 1.00 bits per heavy atom. The Morgan fingerprint density at radius 1 is 0.553 bits per heavy atom. The van der Waals surface area contributed by atoms with Crippen molar-refractivity contribution in [3.63, 3.8) is 0 Å². The topological polar surface area (TPSA) is 156 Å². The van der Waals surface area contributed by atoms with Gasteiger partial charge in [-0.1, -0.05) is 70.5 Å². The number of fused-ring (bicyclic) bond motifs is 6. The lowest BCUT2D eigenvalue weighted by molar-refractivity contribution is -0.125. The van der Waals surface area contributed by atoms with E-state index >= 15 is 0 Å². The third kappa shape index (κ3) is 17.1. The Morgan fingerprint density at radius 3 is 1.47 bits per heavy atom. The van der Waals surface area contributed by atoms with Crippen LogP contribution in [0.4, 0.5) is 10.3 Å². The Balaban J connectivity index is 1.17. The van der Waals surface area contributed by atoms with Crippen LogP contribution < -0.4 is 10.6 Å². The molecule has 0 unspecified atom stereocenters. The second-order valence-electron chi connectivity index (χ2n) is 9.41. The summed E-state index contributed by atoms with van der Waals surface area (Å²) in [5.74, 6) is 4.31. The van der Waals surface area contributed by atoms with Gasteiger partial charge in [0.25, 0.3) is 11.8 Å².